The fourth-order valence-electron chi connectivity index (χ4n) is 6.93. The van der Waals surface area contributed by atoms with Crippen LogP contribution in [0.4, 0.5) is 5.69 Å². The summed E-state index contributed by atoms with van der Waals surface area (Å²) in [4.78, 5) is 40.0. The Balaban J connectivity index is 1.59. The van der Waals surface area contributed by atoms with Crippen molar-refractivity contribution in [2.24, 2.45) is 11.8 Å². The maximum absolute atomic E-state index is 13.9. The largest absolute Gasteiger partial charge is 0.507 e. The van der Waals surface area contributed by atoms with Gasteiger partial charge in [-0.3, -0.25) is 9.59 Å². The number of hydrogen-bond donors (Lipinski definition) is 5. The summed E-state index contributed by atoms with van der Waals surface area (Å²) in [6.45, 7) is 1.68. The first-order chi connectivity index (χ1) is 19.1. The number of fused-ring (bicyclic) bond motifs is 4. The van der Waals surface area contributed by atoms with Gasteiger partial charge in [0, 0.05) is 11.5 Å². The van der Waals surface area contributed by atoms with Gasteiger partial charge in [-0.2, -0.15) is 0 Å². The normalized spacial score (nSPS) is 29.7. The van der Waals surface area contributed by atoms with Gasteiger partial charge in [0.2, 0.25) is 11.6 Å². The van der Waals surface area contributed by atoms with E-state index >= 15 is 0 Å². The lowest BCUT2D eigenvalue weighted by atomic mass is 9.59. The highest BCUT2D eigenvalue weighted by Crippen LogP contribution is 2.74. The molecule has 2 heterocycles. The van der Waals surface area contributed by atoms with Crippen LogP contribution in [0.5, 0.6) is 17.2 Å². The molecule has 7 rings (SSSR count). The molecule has 0 aromatic heterocycles. The Bertz CT molecular complexity index is 1850. The molecule has 198 valence electrons. The molecule has 5 N–H and O–H groups in total. The highest BCUT2D eigenvalue weighted by Gasteiger charge is 2.85. The molecule has 0 radical (unpaired) electrons. The van der Waals surface area contributed by atoms with Gasteiger partial charge in [-0.25, -0.2) is 4.79 Å². The van der Waals surface area contributed by atoms with Crippen molar-refractivity contribution in [3.8, 4) is 40.9 Å². The summed E-state index contributed by atoms with van der Waals surface area (Å²) in [6, 6.07) is 2.60. The van der Waals surface area contributed by atoms with Crippen molar-refractivity contribution < 1.29 is 44.3 Å². The molecule has 2 aromatic rings. The predicted molar refractivity (Wildman–Crippen MR) is 137 cm³/mol. The number of aliphatic carboxylic acids is 1. The number of carbonyl (C=O) groups excluding carboxylic acids is 2. The minimum atomic E-state index is -1.41. The number of carboxylic acid groups (broad SMARTS) is 1. The van der Waals surface area contributed by atoms with Gasteiger partial charge in [-0.05, 0) is 30.4 Å². The zero-order valence-electron chi connectivity index (χ0n) is 20.9. The minimum Gasteiger partial charge on any atom is -0.507 e. The number of benzene rings is 2. The van der Waals surface area contributed by atoms with E-state index in [1.54, 1.807) is 6.92 Å². The van der Waals surface area contributed by atoms with Crippen LogP contribution in [0.1, 0.15) is 44.3 Å². The smallest absolute Gasteiger partial charge is 0.335 e. The molecule has 10 heteroatoms. The molecule has 2 aliphatic heterocycles. The van der Waals surface area contributed by atoms with E-state index in [0.29, 0.717) is 0 Å². The number of phenolic OH excluding ortho intramolecular Hbond substituents is 3. The first-order valence-corrected chi connectivity index (χ1v) is 12.3. The molecule has 0 unspecified atom stereocenters. The minimum absolute atomic E-state index is 0.0284. The third-order valence-corrected chi connectivity index (χ3v) is 8.53. The van der Waals surface area contributed by atoms with E-state index in [0.717, 1.165) is 12.1 Å². The van der Waals surface area contributed by atoms with Crippen LogP contribution in [0.15, 0.2) is 41.7 Å². The van der Waals surface area contributed by atoms with E-state index in [1.807, 2.05) is 0 Å². The van der Waals surface area contributed by atoms with Gasteiger partial charge in [0.1, 0.15) is 46.2 Å². The Kier molecular flexibility index (Phi) is 4.46. The van der Waals surface area contributed by atoms with Gasteiger partial charge in [0.15, 0.2) is 0 Å². The average Bonchev–Trinajstić information content (AvgIpc) is 3.64. The summed E-state index contributed by atoms with van der Waals surface area (Å²) in [6.07, 6.45) is 3.04. The Labute approximate surface area is 226 Å². The summed E-state index contributed by atoms with van der Waals surface area (Å²) < 4.78 is 12.2. The lowest BCUT2D eigenvalue weighted by Crippen LogP contribution is -2.55. The van der Waals surface area contributed by atoms with Gasteiger partial charge in [-0.1, -0.05) is 30.6 Å². The van der Waals surface area contributed by atoms with E-state index < -0.39 is 75.0 Å². The number of aromatic hydroxyl groups is 3. The highest BCUT2D eigenvalue weighted by molar-refractivity contribution is 6.33. The summed E-state index contributed by atoms with van der Waals surface area (Å²) in [7, 11) is 1.34. The summed E-state index contributed by atoms with van der Waals surface area (Å²) in [5.41, 5.74) is -3.72. The van der Waals surface area contributed by atoms with Crippen molar-refractivity contribution in [2.75, 3.05) is 12.4 Å². The standard InChI is InChI=1S/C30H19NO9/c1-12-19(28(37)38)27(39-2)13-7-5-3-4-6-8-18-29(12)30(13,40-29)14-11-17(34)22-23(24(14)31-18)26(36)21-16(33)10-9-15(32)20(21)25(22)35/h3-4,9-13,18,31-34H,1-2H3,(H,37,38)/t12-,13+,18-,29-,30+/m0/s1. The van der Waals surface area contributed by atoms with Crippen LogP contribution in [0.25, 0.3) is 0 Å². The number of ether oxygens (including phenoxy) is 2. The molecule has 2 aromatic carbocycles. The average molecular weight is 537 g/mol. The zero-order chi connectivity index (χ0) is 28.3. The van der Waals surface area contributed by atoms with Crippen LogP contribution >= 0.6 is 0 Å². The summed E-state index contributed by atoms with van der Waals surface area (Å²) in [5.74, 6) is 5.71. The number of hydrogen-bond acceptors (Lipinski definition) is 9. The molecule has 5 atom stereocenters. The Morgan fingerprint density at radius 3 is 2.20 bits per heavy atom. The second-order valence-electron chi connectivity index (χ2n) is 10.1. The van der Waals surface area contributed by atoms with Gasteiger partial charge in [0.05, 0.1) is 40.6 Å². The molecule has 0 saturated carbocycles. The van der Waals surface area contributed by atoms with Crippen LogP contribution in [-0.4, -0.2) is 56.7 Å². The number of rotatable bonds is 2. The molecular formula is C30H19NO9. The molecule has 1 fully saturated rings. The molecule has 5 aliphatic rings. The van der Waals surface area contributed by atoms with Crippen LogP contribution in [0.2, 0.25) is 0 Å². The number of anilines is 1. The number of phenols is 3. The molecule has 3 aliphatic carbocycles. The fraction of sp³-hybridized carbons (Fsp3) is 0.233. The van der Waals surface area contributed by atoms with E-state index in [4.69, 9.17) is 9.47 Å². The first kappa shape index (κ1) is 23.9. The van der Waals surface area contributed by atoms with E-state index in [2.05, 4.69) is 29.0 Å². The van der Waals surface area contributed by atoms with Crippen molar-refractivity contribution >= 4 is 23.2 Å². The quantitative estimate of drug-likeness (QED) is 0.186. The van der Waals surface area contributed by atoms with Crippen molar-refractivity contribution in [2.45, 2.75) is 24.2 Å². The molecular weight excluding hydrogens is 518 g/mol. The molecule has 0 spiro atoms. The van der Waals surface area contributed by atoms with Crippen LogP contribution in [0.3, 0.4) is 0 Å². The van der Waals surface area contributed by atoms with Gasteiger partial charge < -0.3 is 35.2 Å². The van der Waals surface area contributed by atoms with E-state index in [-0.39, 0.29) is 33.7 Å². The van der Waals surface area contributed by atoms with Gasteiger partial charge in [-0.15, -0.1) is 0 Å². The lowest BCUT2D eigenvalue weighted by Gasteiger charge is -2.43. The topological polar surface area (TPSA) is 166 Å². The summed E-state index contributed by atoms with van der Waals surface area (Å²) >= 11 is 0. The Morgan fingerprint density at radius 2 is 1.57 bits per heavy atom. The van der Waals surface area contributed by atoms with Gasteiger partial charge in [0.25, 0.3) is 0 Å². The highest BCUT2D eigenvalue weighted by atomic mass is 16.6. The number of ketones is 2. The van der Waals surface area contributed by atoms with Crippen molar-refractivity contribution in [1.29, 1.82) is 0 Å². The number of nitrogens with one attached hydrogen (secondary N) is 1. The number of methoxy groups -OCH3 is 1. The van der Waals surface area contributed by atoms with Crippen LogP contribution in [-0.2, 0) is 19.9 Å². The summed E-state index contributed by atoms with van der Waals surface area (Å²) in [5, 5.41) is 45.5. The number of epoxide rings is 1. The van der Waals surface area contributed by atoms with E-state index in [1.165, 1.54) is 25.3 Å². The number of carboxylic acids is 1. The van der Waals surface area contributed by atoms with Crippen molar-refractivity contribution in [3.63, 3.8) is 0 Å². The Hall–Kier alpha value is -5.19. The monoisotopic (exact) mass is 537 g/mol. The first-order valence-electron chi connectivity index (χ1n) is 12.3. The van der Waals surface area contributed by atoms with Crippen LogP contribution in [0, 0.1) is 35.5 Å². The molecule has 4 bridgehead atoms. The number of carbonyl (C=O) groups is 3. The second-order valence-corrected chi connectivity index (χ2v) is 10.1. The maximum atomic E-state index is 13.9. The SMILES string of the molecule is COC1=C(C(=O)O)[C@H](C)[C@@]23O[C@]24c2cc(O)c5c(c2N[C@H]3C#CC=CC#C[C@H]14)C(=O)c1c(O)ccc(O)c1C5=O. The fourth-order valence-corrected chi connectivity index (χ4v) is 6.93. The maximum Gasteiger partial charge on any atom is 0.335 e. The Morgan fingerprint density at radius 1 is 0.975 bits per heavy atom. The molecule has 10 nitrogen and oxygen atoms in total. The van der Waals surface area contributed by atoms with Gasteiger partial charge >= 0.3 is 5.97 Å². The lowest BCUT2D eigenvalue weighted by molar-refractivity contribution is -0.134. The van der Waals surface area contributed by atoms with Crippen molar-refractivity contribution in [1.82, 2.24) is 0 Å². The van der Waals surface area contributed by atoms with E-state index in [9.17, 15) is 34.8 Å². The number of allylic oxidation sites excluding steroid dienone is 2. The molecule has 0 amide bonds. The second kappa shape index (κ2) is 7.47. The molecule has 40 heavy (non-hydrogen) atoms. The third-order valence-electron chi connectivity index (χ3n) is 8.53. The predicted octanol–water partition coefficient (Wildman–Crippen LogP) is 2.16. The van der Waals surface area contributed by atoms with Crippen LogP contribution < -0.4 is 5.32 Å². The molecule has 1 saturated heterocycles. The zero-order valence-corrected chi connectivity index (χ0v) is 20.9. The van der Waals surface area contributed by atoms with Crippen molar-refractivity contribution in [3.05, 3.63) is 69.5 Å². The third kappa shape index (κ3) is 2.48.